The van der Waals surface area contributed by atoms with Crippen molar-refractivity contribution in [2.45, 2.75) is 49.1 Å². The van der Waals surface area contributed by atoms with E-state index in [-0.39, 0.29) is 16.4 Å². The molecule has 1 aromatic carbocycles. The Kier molecular flexibility index (Phi) is 5.20. The SMILES string of the molecule is CC1(C)O[C@@H]2[C@H](O1)[C@@H](C(=O)NS(=O)(=O)c1ccc([N+](=O)[O-])cc1)O[C@H]2n1cnc2c(N)ncnc21. The summed E-state index contributed by atoms with van der Waals surface area (Å²) in [5.74, 6) is -1.94. The molecular weight excluding hydrogens is 486 g/mol. The maximum atomic E-state index is 13.1. The lowest BCUT2D eigenvalue weighted by atomic mass is 10.1. The fourth-order valence-electron chi connectivity index (χ4n) is 4.06. The average molecular weight is 505 g/mol. The van der Waals surface area contributed by atoms with Crippen molar-refractivity contribution in [3.05, 3.63) is 47.0 Å². The van der Waals surface area contributed by atoms with Crippen LogP contribution in [-0.2, 0) is 29.0 Å². The normalized spacial score (nSPS) is 25.4. The van der Waals surface area contributed by atoms with E-state index in [1.165, 1.54) is 17.2 Å². The molecule has 2 saturated heterocycles. The fourth-order valence-corrected chi connectivity index (χ4v) is 5.06. The van der Waals surface area contributed by atoms with Crippen molar-refractivity contribution in [2.75, 3.05) is 5.73 Å². The van der Waals surface area contributed by atoms with Crippen molar-refractivity contribution < 1.29 is 32.3 Å². The van der Waals surface area contributed by atoms with E-state index in [0.717, 1.165) is 24.3 Å². The van der Waals surface area contributed by atoms with Crippen LogP contribution in [0.3, 0.4) is 0 Å². The summed E-state index contributed by atoms with van der Waals surface area (Å²) in [7, 11) is -4.36. The third kappa shape index (κ3) is 3.95. The minimum atomic E-state index is -4.36. The van der Waals surface area contributed by atoms with Crippen molar-refractivity contribution in [3.63, 3.8) is 0 Å². The van der Waals surface area contributed by atoms with Gasteiger partial charge in [0.05, 0.1) is 16.1 Å². The van der Waals surface area contributed by atoms with E-state index < -0.39 is 51.2 Å². The molecule has 5 rings (SSSR count). The molecule has 0 saturated carbocycles. The van der Waals surface area contributed by atoms with E-state index in [1.807, 2.05) is 4.72 Å². The summed E-state index contributed by atoms with van der Waals surface area (Å²) in [6, 6.07) is 4.08. The van der Waals surface area contributed by atoms with Gasteiger partial charge in [0.15, 0.2) is 29.6 Å². The molecule has 0 radical (unpaired) electrons. The molecule has 3 aromatic rings. The van der Waals surface area contributed by atoms with E-state index in [1.54, 1.807) is 13.8 Å². The topological polar surface area (TPSA) is 204 Å². The molecule has 4 heterocycles. The Labute approximate surface area is 197 Å². The highest BCUT2D eigenvalue weighted by molar-refractivity contribution is 7.90. The monoisotopic (exact) mass is 505 g/mol. The number of carbonyl (C=O) groups is 1. The second kappa shape index (κ2) is 7.91. The Morgan fingerprint density at radius 2 is 1.86 bits per heavy atom. The van der Waals surface area contributed by atoms with Gasteiger partial charge in [-0.25, -0.2) is 28.1 Å². The molecule has 2 aliphatic rings. The van der Waals surface area contributed by atoms with Crippen LogP contribution in [0.4, 0.5) is 11.5 Å². The van der Waals surface area contributed by atoms with Crippen LogP contribution >= 0.6 is 0 Å². The highest BCUT2D eigenvalue weighted by atomic mass is 32.2. The van der Waals surface area contributed by atoms with E-state index >= 15 is 0 Å². The van der Waals surface area contributed by atoms with E-state index in [2.05, 4.69) is 15.0 Å². The molecule has 16 heteroatoms. The van der Waals surface area contributed by atoms with Crippen LogP contribution in [0.5, 0.6) is 0 Å². The summed E-state index contributed by atoms with van der Waals surface area (Å²) in [5.41, 5.74) is 6.20. The number of fused-ring (bicyclic) bond motifs is 2. The predicted octanol–water partition coefficient (Wildman–Crippen LogP) is 0.239. The van der Waals surface area contributed by atoms with Gasteiger partial charge in [0.25, 0.3) is 21.6 Å². The Morgan fingerprint density at radius 3 is 2.54 bits per heavy atom. The zero-order valence-corrected chi connectivity index (χ0v) is 19.1. The molecule has 0 unspecified atom stereocenters. The molecule has 2 aliphatic heterocycles. The van der Waals surface area contributed by atoms with E-state index in [0.29, 0.717) is 11.2 Å². The third-order valence-electron chi connectivity index (χ3n) is 5.54. The zero-order chi connectivity index (χ0) is 25.1. The number of hydrogen-bond acceptors (Lipinski definition) is 12. The van der Waals surface area contributed by atoms with Crippen molar-refractivity contribution >= 4 is 38.6 Å². The molecule has 0 aliphatic carbocycles. The lowest BCUT2D eigenvalue weighted by Crippen LogP contribution is -2.45. The minimum Gasteiger partial charge on any atom is -0.382 e. The third-order valence-corrected chi connectivity index (χ3v) is 6.90. The second-order valence-electron chi connectivity index (χ2n) is 8.32. The first-order valence-corrected chi connectivity index (χ1v) is 11.7. The van der Waals surface area contributed by atoms with Gasteiger partial charge in [-0.05, 0) is 26.0 Å². The van der Waals surface area contributed by atoms with E-state index in [4.69, 9.17) is 19.9 Å². The number of carbonyl (C=O) groups excluding carboxylic acids is 1. The van der Waals surface area contributed by atoms with Crippen LogP contribution in [0.25, 0.3) is 11.2 Å². The van der Waals surface area contributed by atoms with Crippen molar-refractivity contribution in [2.24, 2.45) is 0 Å². The van der Waals surface area contributed by atoms with Gasteiger partial charge in [-0.2, -0.15) is 0 Å². The Balaban J connectivity index is 1.43. The van der Waals surface area contributed by atoms with Crippen LogP contribution in [0.1, 0.15) is 20.1 Å². The number of nitro groups is 1. The first-order chi connectivity index (χ1) is 16.5. The van der Waals surface area contributed by atoms with Crippen LogP contribution in [0.2, 0.25) is 0 Å². The second-order valence-corrected chi connectivity index (χ2v) is 10.00. The number of benzene rings is 1. The highest BCUT2D eigenvalue weighted by Crippen LogP contribution is 2.44. The number of nitrogens with one attached hydrogen (secondary N) is 1. The standard InChI is InChI=1S/C19H19N7O8S/c1-19(2)33-12-13(17(27)24-35(30,31)10-5-3-9(4-6-10)26(28)29)32-18(14(12)34-19)25-8-23-11-15(20)21-7-22-16(11)25/h3-8,12-14,18H,1-2H3,(H,24,27)(H2,20,21,22)/t12-,13+,14-,18-/m1/s1. The van der Waals surface area contributed by atoms with Crippen LogP contribution < -0.4 is 10.5 Å². The van der Waals surface area contributed by atoms with Gasteiger partial charge in [0.1, 0.15) is 24.1 Å². The molecule has 35 heavy (non-hydrogen) atoms. The number of nitrogen functional groups attached to an aromatic ring is 1. The predicted molar refractivity (Wildman–Crippen MR) is 116 cm³/mol. The Morgan fingerprint density at radius 1 is 1.17 bits per heavy atom. The number of amides is 1. The van der Waals surface area contributed by atoms with Gasteiger partial charge < -0.3 is 19.9 Å². The first kappa shape index (κ1) is 23.0. The molecule has 2 aromatic heterocycles. The molecular formula is C19H19N7O8S. The number of nitro benzene ring substituents is 1. The number of nitrogens with two attached hydrogens (primary N) is 1. The number of rotatable bonds is 5. The zero-order valence-electron chi connectivity index (χ0n) is 18.3. The number of anilines is 1. The maximum Gasteiger partial charge on any atom is 0.269 e. The molecule has 15 nitrogen and oxygen atoms in total. The number of ether oxygens (including phenoxy) is 3. The molecule has 0 spiro atoms. The van der Waals surface area contributed by atoms with Gasteiger partial charge >= 0.3 is 0 Å². The summed E-state index contributed by atoms with van der Waals surface area (Å²) in [5, 5.41) is 10.8. The first-order valence-electron chi connectivity index (χ1n) is 10.2. The number of sulfonamides is 1. The van der Waals surface area contributed by atoms with Crippen LogP contribution in [0.15, 0.2) is 41.8 Å². The maximum absolute atomic E-state index is 13.1. The average Bonchev–Trinajstić information content (AvgIpc) is 3.44. The van der Waals surface area contributed by atoms with Gasteiger partial charge in [-0.15, -0.1) is 0 Å². The lowest BCUT2D eigenvalue weighted by Gasteiger charge is -2.24. The Bertz CT molecular complexity index is 1440. The number of non-ortho nitro benzene ring substituents is 1. The highest BCUT2D eigenvalue weighted by Gasteiger charge is 2.58. The molecule has 2 fully saturated rings. The Hall–Kier alpha value is -3.73. The molecule has 4 atom stereocenters. The number of nitrogens with zero attached hydrogens (tertiary/aromatic N) is 5. The van der Waals surface area contributed by atoms with Crippen molar-refractivity contribution in [3.8, 4) is 0 Å². The number of imidazole rings is 1. The van der Waals surface area contributed by atoms with Crippen LogP contribution in [0, 0.1) is 10.1 Å². The number of hydrogen-bond donors (Lipinski definition) is 2. The summed E-state index contributed by atoms with van der Waals surface area (Å²) >= 11 is 0. The molecule has 0 bridgehead atoms. The lowest BCUT2D eigenvalue weighted by molar-refractivity contribution is -0.384. The molecule has 184 valence electrons. The quantitative estimate of drug-likeness (QED) is 0.353. The van der Waals surface area contributed by atoms with E-state index in [9.17, 15) is 23.3 Å². The summed E-state index contributed by atoms with van der Waals surface area (Å²) in [4.78, 5) is 35.1. The van der Waals surface area contributed by atoms with Crippen molar-refractivity contribution in [1.82, 2.24) is 24.2 Å². The summed E-state index contributed by atoms with van der Waals surface area (Å²) in [6.45, 7) is 3.30. The van der Waals surface area contributed by atoms with Crippen LogP contribution in [-0.4, -0.2) is 62.9 Å². The van der Waals surface area contributed by atoms with Gasteiger partial charge in [0, 0.05) is 12.1 Å². The summed E-state index contributed by atoms with van der Waals surface area (Å²) in [6.07, 6.45) is -1.44. The largest absolute Gasteiger partial charge is 0.382 e. The fraction of sp³-hybridized carbons (Fsp3) is 0.368. The van der Waals surface area contributed by atoms with Gasteiger partial charge in [-0.3, -0.25) is 19.5 Å². The van der Waals surface area contributed by atoms with Gasteiger partial charge in [0.2, 0.25) is 0 Å². The minimum absolute atomic E-state index is 0.149. The number of aromatic nitrogens is 4. The smallest absolute Gasteiger partial charge is 0.269 e. The van der Waals surface area contributed by atoms with Crippen molar-refractivity contribution in [1.29, 1.82) is 0 Å². The molecule has 1 amide bonds. The summed E-state index contributed by atoms with van der Waals surface area (Å²) < 4.78 is 46.7. The van der Waals surface area contributed by atoms with Gasteiger partial charge in [-0.1, -0.05) is 0 Å². The molecule has 3 N–H and O–H groups in total.